The summed E-state index contributed by atoms with van der Waals surface area (Å²) >= 11 is 0. The highest BCUT2D eigenvalue weighted by atomic mass is 16.6. The monoisotopic (exact) mass is 336 g/mol. The van der Waals surface area contributed by atoms with Crippen LogP contribution in [0.15, 0.2) is 22.8 Å². The molecule has 1 aliphatic carbocycles. The van der Waals surface area contributed by atoms with E-state index in [1.165, 1.54) is 0 Å². The minimum Gasteiger partial charge on any atom is -0.469 e. The van der Waals surface area contributed by atoms with E-state index in [9.17, 15) is 9.59 Å². The maximum absolute atomic E-state index is 12.3. The molecule has 1 aliphatic rings. The Labute approximate surface area is 143 Å². The molecule has 2 rings (SSSR count). The largest absolute Gasteiger partial charge is 0.469 e. The van der Waals surface area contributed by atoms with Crippen LogP contribution in [-0.2, 0) is 16.0 Å². The SMILES string of the molecule is CC(C)(C)OC(=O)NC[C@@](C)(NC(=O)CCc1ccco1)C1CC1. The molecule has 134 valence electrons. The summed E-state index contributed by atoms with van der Waals surface area (Å²) in [5.74, 6) is 1.15. The Balaban J connectivity index is 1.83. The predicted molar refractivity (Wildman–Crippen MR) is 90.5 cm³/mol. The first kappa shape index (κ1) is 18.4. The molecule has 0 aliphatic heterocycles. The fraction of sp³-hybridized carbons (Fsp3) is 0.667. The van der Waals surface area contributed by atoms with Gasteiger partial charge in [0.15, 0.2) is 0 Å². The lowest BCUT2D eigenvalue weighted by Gasteiger charge is -2.32. The van der Waals surface area contributed by atoms with Gasteiger partial charge in [-0.3, -0.25) is 4.79 Å². The Bertz CT molecular complexity index is 558. The van der Waals surface area contributed by atoms with Gasteiger partial charge in [0.05, 0.1) is 11.8 Å². The van der Waals surface area contributed by atoms with Crippen molar-refractivity contribution in [3.8, 4) is 0 Å². The number of rotatable bonds is 7. The Morgan fingerprint density at radius 3 is 2.54 bits per heavy atom. The number of carbonyl (C=O) groups excluding carboxylic acids is 2. The molecule has 1 aromatic rings. The zero-order valence-electron chi connectivity index (χ0n) is 15.0. The van der Waals surface area contributed by atoms with E-state index in [1.807, 2.05) is 39.8 Å². The van der Waals surface area contributed by atoms with Crippen LogP contribution in [0.4, 0.5) is 4.79 Å². The summed E-state index contributed by atoms with van der Waals surface area (Å²) in [7, 11) is 0. The second kappa shape index (κ2) is 7.28. The van der Waals surface area contributed by atoms with Crippen LogP contribution in [0.25, 0.3) is 0 Å². The first-order valence-electron chi connectivity index (χ1n) is 8.48. The van der Waals surface area contributed by atoms with Crippen LogP contribution in [0.2, 0.25) is 0 Å². The molecule has 1 saturated carbocycles. The number of carbonyl (C=O) groups is 2. The average Bonchev–Trinajstić information content (AvgIpc) is 3.20. The van der Waals surface area contributed by atoms with Gasteiger partial charge in [0, 0.05) is 19.4 Å². The van der Waals surface area contributed by atoms with Crippen molar-refractivity contribution in [2.75, 3.05) is 6.54 Å². The number of aryl methyl sites for hydroxylation is 1. The normalized spacial score (nSPS) is 17.0. The molecule has 2 amide bonds. The fourth-order valence-corrected chi connectivity index (χ4v) is 2.65. The van der Waals surface area contributed by atoms with Gasteiger partial charge in [0.25, 0.3) is 0 Å². The maximum Gasteiger partial charge on any atom is 0.407 e. The predicted octanol–water partition coefficient (Wildman–Crippen LogP) is 3.02. The molecule has 0 bridgehead atoms. The molecule has 24 heavy (non-hydrogen) atoms. The smallest absolute Gasteiger partial charge is 0.407 e. The standard InChI is InChI=1S/C18H28N2O4/c1-17(2,3)24-16(22)19-12-18(4,13-7-8-13)20-15(21)10-9-14-6-5-11-23-14/h5-6,11,13H,7-10,12H2,1-4H3,(H,19,22)(H,20,21)/t18-/m1/s1. The summed E-state index contributed by atoms with van der Waals surface area (Å²) in [6.07, 6.45) is 4.20. The Kier molecular flexibility index (Phi) is 5.57. The van der Waals surface area contributed by atoms with Crippen LogP contribution < -0.4 is 10.6 Å². The van der Waals surface area contributed by atoms with E-state index in [2.05, 4.69) is 10.6 Å². The van der Waals surface area contributed by atoms with Crippen LogP contribution >= 0.6 is 0 Å². The lowest BCUT2D eigenvalue weighted by Crippen LogP contribution is -2.55. The van der Waals surface area contributed by atoms with E-state index >= 15 is 0 Å². The number of hydrogen-bond acceptors (Lipinski definition) is 4. The van der Waals surface area contributed by atoms with E-state index < -0.39 is 17.2 Å². The summed E-state index contributed by atoms with van der Waals surface area (Å²) in [6, 6.07) is 3.67. The molecular weight excluding hydrogens is 308 g/mol. The summed E-state index contributed by atoms with van der Waals surface area (Å²) in [6.45, 7) is 7.81. The molecule has 1 aromatic heterocycles. The van der Waals surface area contributed by atoms with Crippen molar-refractivity contribution in [2.45, 2.75) is 64.5 Å². The molecule has 0 spiro atoms. The van der Waals surface area contributed by atoms with E-state index in [4.69, 9.17) is 9.15 Å². The highest BCUT2D eigenvalue weighted by Gasteiger charge is 2.42. The van der Waals surface area contributed by atoms with Crippen molar-refractivity contribution in [2.24, 2.45) is 5.92 Å². The minimum absolute atomic E-state index is 0.0354. The van der Waals surface area contributed by atoms with Gasteiger partial charge in [-0.15, -0.1) is 0 Å². The number of nitrogens with one attached hydrogen (secondary N) is 2. The van der Waals surface area contributed by atoms with Gasteiger partial charge in [-0.2, -0.15) is 0 Å². The van der Waals surface area contributed by atoms with Crippen molar-refractivity contribution in [1.29, 1.82) is 0 Å². The molecule has 0 radical (unpaired) electrons. The number of amides is 2. The minimum atomic E-state index is -0.535. The van der Waals surface area contributed by atoms with E-state index in [1.54, 1.807) is 6.26 Å². The summed E-state index contributed by atoms with van der Waals surface area (Å²) in [5, 5.41) is 5.87. The number of ether oxygens (including phenoxy) is 1. The van der Waals surface area contributed by atoms with Crippen LogP contribution in [0.5, 0.6) is 0 Å². The molecule has 6 nitrogen and oxygen atoms in total. The van der Waals surface area contributed by atoms with Gasteiger partial charge in [-0.05, 0) is 58.6 Å². The summed E-state index contributed by atoms with van der Waals surface area (Å²) in [4.78, 5) is 24.1. The average molecular weight is 336 g/mol. The second-order valence-corrected chi connectivity index (χ2v) is 7.67. The van der Waals surface area contributed by atoms with Crippen LogP contribution in [-0.4, -0.2) is 29.7 Å². The topological polar surface area (TPSA) is 80.6 Å². The fourth-order valence-electron chi connectivity index (χ4n) is 2.65. The lowest BCUT2D eigenvalue weighted by molar-refractivity contribution is -0.123. The quantitative estimate of drug-likeness (QED) is 0.802. The van der Waals surface area contributed by atoms with Gasteiger partial charge in [-0.1, -0.05) is 0 Å². The molecule has 1 atom stereocenters. The van der Waals surface area contributed by atoms with E-state index in [0.29, 0.717) is 25.3 Å². The van der Waals surface area contributed by atoms with Gasteiger partial charge in [0.1, 0.15) is 11.4 Å². The molecule has 0 aromatic carbocycles. The molecule has 0 saturated heterocycles. The van der Waals surface area contributed by atoms with Crippen molar-refractivity contribution in [1.82, 2.24) is 10.6 Å². The first-order valence-corrected chi connectivity index (χ1v) is 8.48. The van der Waals surface area contributed by atoms with Gasteiger partial charge in [-0.25, -0.2) is 4.79 Å². The van der Waals surface area contributed by atoms with Crippen molar-refractivity contribution in [3.05, 3.63) is 24.2 Å². The maximum atomic E-state index is 12.3. The highest BCUT2D eigenvalue weighted by molar-refractivity contribution is 5.77. The summed E-state index contributed by atoms with van der Waals surface area (Å²) < 4.78 is 10.5. The molecule has 1 fully saturated rings. The molecule has 2 N–H and O–H groups in total. The third-order valence-electron chi connectivity index (χ3n) is 4.08. The number of hydrogen-bond donors (Lipinski definition) is 2. The third-order valence-corrected chi connectivity index (χ3v) is 4.08. The second-order valence-electron chi connectivity index (χ2n) is 7.67. The zero-order valence-corrected chi connectivity index (χ0v) is 15.0. The molecule has 1 heterocycles. The van der Waals surface area contributed by atoms with Crippen LogP contribution in [0.3, 0.4) is 0 Å². The van der Waals surface area contributed by atoms with E-state index in [0.717, 1.165) is 18.6 Å². The number of furan rings is 1. The van der Waals surface area contributed by atoms with Gasteiger partial charge >= 0.3 is 6.09 Å². The Hall–Kier alpha value is -1.98. The van der Waals surface area contributed by atoms with Crippen molar-refractivity contribution >= 4 is 12.0 Å². The van der Waals surface area contributed by atoms with Crippen LogP contribution in [0, 0.1) is 5.92 Å². The molecule has 6 heteroatoms. The Morgan fingerprint density at radius 1 is 1.29 bits per heavy atom. The zero-order chi connectivity index (χ0) is 17.8. The Morgan fingerprint density at radius 2 is 2.00 bits per heavy atom. The van der Waals surface area contributed by atoms with Crippen molar-refractivity contribution < 1.29 is 18.7 Å². The van der Waals surface area contributed by atoms with Crippen molar-refractivity contribution in [3.63, 3.8) is 0 Å². The molecular formula is C18H28N2O4. The number of alkyl carbamates (subject to hydrolysis) is 1. The summed E-state index contributed by atoms with van der Waals surface area (Å²) in [5.41, 5.74) is -0.983. The third kappa shape index (κ3) is 5.91. The van der Waals surface area contributed by atoms with E-state index in [-0.39, 0.29) is 5.91 Å². The lowest BCUT2D eigenvalue weighted by atomic mass is 9.95. The molecule has 0 unspecified atom stereocenters. The van der Waals surface area contributed by atoms with Gasteiger partial charge < -0.3 is 19.8 Å². The first-order chi connectivity index (χ1) is 11.2. The van der Waals surface area contributed by atoms with Crippen LogP contribution in [0.1, 0.15) is 52.7 Å². The highest BCUT2D eigenvalue weighted by Crippen LogP contribution is 2.39. The van der Waals surface area contributed by atoms with Gasteiger partial charge in [0.2, 0.25) is 5.91 Å².